The van der Waals surface area contributed by atoms with E-state index in [1.807, 2.05) is 4.57 Å². The highest BCUT2D eigenvalue weighted by atomic mass is 32.2. The number of fused-ring (bicyclic) bond motifs is 2. The van der Waals surface area contributed by atoms with Crippen LogP contribution in [0.4, 0.5) is 5.82 Å². The number of nitrogens with one attached hydrogen (secondary N) is 1. The van der Waals surface area contributed by atoms with E-state index in [0.717, 1.165) is 21.6 Å². The molecule has 34 heavy (non-hydrogen) atoms. The van der Waals surface area contributed by atoms with E-state index in [1.165, 1.54) is 37.6 Å². The van der Waals surface area contributed by atoms with E-state index >= 15 is 0 Å². The molecule has 1 aliphatic carbocycles. The summed E-state index contributed by atoms with van der Waals surface area (Å²) in [6.07, 6.45) is 5.65. The van der Waals surface area contributed by atoms with Gasteiger partial charge in [0.15, 0.2) is 33.6 Å². The van der Waals surface area contributed by atoms with Crippen LogP contribution in [0.1, 0.15) is 51.0 Å². The number of ether oxygens (including phenoxy) is 2. The second-order valence-electron chi connectivity index (χ2n) is 9.27. The number of imidazole rings is 1. The number of benzene rings is 1. The Kier molecular flexibility index (Phi) is 6.80. The molecule has 4 N–H and O–H groups in total. The van der Waals surface area contributed by atoms with Gasteiger partial charge < -0.3 is 30.2 Å². The summed E-state index contributed by atoms with van der Waals surface area (Å²) in [7, 11) is 0. The zero-order valence-electron chi connectivity index (χ0n) is 19.7. The maximum absolute atomic E-state index is 10.7. The van der Waals surface area contributed by atoms with Gasteiger partial charge in [-0.3, -0.25) is 0 Å². The monoisotopic (exact) mass is 484 g/mol. The molecule has 3 aromatic rings. The summed E-state index contributed by atoms with van der Waals surface area (Å²) < 4.78 is 13.7. The summed E-state index contributed by atoms with van der Waals surface area (Å²) in [5.41, 5.74) is 8.58. The first-order chi connectivity index (χ1) is 16.5. The van der Waals surface area contributed by atoms with Crippen LogP contribution < -0.4 is 20.5 Å². The molecule has 1 aliphatic heterocycles. The highest BCUT2D eigenvalue weighted by Crippen LogP contribution is 2.46. The average Bonchev–Trinajstić information content (AvgIpc) is 3.47. The number of aliphatic hydroxyl groups is 1. The van der Waals surface area contributed by atoms with Crippen LogP contribution >= 0.6 is 11.8 Å². The molecule has 10 heteroatoms. The van der Waals surface area contributed by atoms with Gasteiger partial charge in [-0.05, 0) is 36.5 Å². The Bertz CT molecular complexity index is 1160. The van der Waals surface area contributed by atoms with Crippen LogP contribution in [0, 0.1) is 0 Å². The molecule has 0 bridgehead atoms. The van der Waals surface area contributed by atoms with Crippen molar-refractivity contribution in [3.8, 4) is 11.5 Å². The predicted octanol–water partition coefficient (Wildman–Crippen LogP) is 3.35. The van der Waals surface area contributed by atoms with Crippen LogP contribution in [0.2, 0.25) is 0 Å². The zero-order chi connectivity index (χ0) is 23.7. The molecule has 9 nitrogen and oxygen atoms in total. The van der Waals surface area contributed by atoms with Gasteiger partial charge in [0.2, 0.25) is 0 Å². The highest BCUT2D eigenvalue weighted by Gasteiger charge is 2.26. The van der Waals surface area contributed by atoms with Crippen LogP contribution in [-0.2, 0) is 6.54 Å². The number of aliphatic hydroxyl groups excluding tert-OH is 1. The molecular weight excluding hydrogens is 452 g/mol. The first-order valence-corrected chi connectivity index (χ1v) is 12.8. The molecule has 0 saturated heterocycles. The average molecular weight is 485 g/mol. The van der Waals surface area contributed by atoms with Crippen molar-refractivity contribution >= 4 is 28.7 Å². The van der Waals surface area contributed by atoms with Gasteiger partial charge in [0.25, 0.3) is 0 Å². The summed E-state index contributed by atoms with van der Waals surface area (Å²) in [5.74, 6) is 2.40. The summed E-state index contributed by atoms with van der Waals surface area (Å²) in [6.45, 7) is 6.04. The largest absolute Gasteiger partial charge is 0.486 e. The molecule has 182 valence electrons. The van der Waals surface area contributed by atoms with Crippen molar-refractivity contribution in [2.24, 2.45) is 0 Å². The minimum absolute atomic E-state index is 0.285. The second kappa shape index (κ2) is 9.97. The van der Waals surface area contributed by atoms with Crippen molar-refractivity contribution in [3.63, 3.8) is 0 Å². The smallest absolute Gasteiger partial charge is 0.175 e. The van der Waals surface area contributed by atoms with E-state index in [-0.39, 0.29) is 6.04 Å². The van der Waals surface area contributed by atoms with E-state index in [4.69, 9.17) is 20.2 Å². The van der Waals surface area contributed by atoms with Crippen LogP contribution in [-0.4, -0.2) is 56.5 Å². The van der Waals surface area contributed by atoms with Crippen molar-refractivity contribution < 1.29 is 14.6 Å². The maximum atomic E-state index is 10.7. The fourth-order valence-corrected chi connectivity index (χ4v) is 5.77. The summed E-state index contributed by atoms with van der Waals surface area (Å²) in [6, 6.07) is 4.50. The fraction of sp³-hybridized carbons (Fsp3) is 0.542. The molecular formula is C24H32N6O3S. The van der Waals surface area contributed by atoms with Gasteiger partial charge in [0, 0.05) is 17.5 Å². The molecule has 1 fully saturated rings. The van der Waals surface area contributed by atoms with E-state index < -0.39 is 6.10 Å². The lowest BCUT2D eigenvalue weighted by Crippen LogP contribution is -2.34. The van der Waals surface area contributed by atoms with Crippen LogP contribution in [0.5, 0.6) is 11.5 Å². The maximum Gasteiger partial charge on any atom is 0.175 e. The Morgan fingerprint density at radius 3 is 2.65 bits per heavy atom. The van der Waals surface area contributed by atoms with Crippen molar-refractivity contribution in [2.75, 3.05) is 25.5 Å². The van der Waals surface area contributed by atoms with E-state index in [1.54, 1.807) is 11.8 Å². The highest BCUT2D eigenvalue weighted by molar-refractivity contribution is 7.99. The molecule has 2 aliphatic rings. The third-order valence-electron chi connectivity index (χ3n) is 6.35. The zero-order valence-corrected chi connectivity index (χ0v) is 20.5. The normalized spacial score (nSPS) is 17.1. The van der Waals surface area contributed by atoms with Gasteiger partial charge in [-0.15, -0.1) is 0 Å². The molecule has 1 atom stereocenters. The van der Waals surface area contributed by atoms with Crippen LogP contribution in [0.25, 0.3) is 11.2 Å². The topological polar surface area (TPSA) is 120 Å². The predicted molar refractivity (Wildman–Crippen MR) is 132 cm³/mol. The first-order valence-electron chi connectivity index (χ1n) is 12.0. The molecule has 1 unspecified atom stereocenters. The fourth-order valence-electron chi connectivity index (χ4n) is 4.65. The molecule has 0 spiro atoms. The summed E-state index contributed by atoms with van der Waals surface area (Å²) in [5, 5.41) is 14.8. The lowest BCUT2D eigenvalue weighted by molar-refractivity contribution is 0.147. The number of hydrogen-bond acceptors (Lipinski definition) is 9. The Morgan fingerprint density at radius 2 is 1.91 bits per heavy atom. The number of aromatic nitrogens is 4. The number of anilines is 1. The number of nitrogens with zero attached hydrogens (tertiary/aromatic N) is 4. The van der Waals surface area contributed by atoms with Gasteiger partial charge >= 0.3 is 0 Å². The Hall–Kier alpha value is -2.56. The van der Waals surface area contributed by atoms with Gasteiger partial charge in [0.05, 0.1) is 12.6 Å². The minimum Gasteiger partial charge on any atom is -0.486 e. The van der Waals surface area contributed by atoms with Crippen molar-refractivity contribution in [1.82, 2.24) is 24.8 Å². The SMILES string of the molecule is CC(C)NCC(O)Cn1c(Sc2cc3c(cc2C2CCCC2)OCCO3)nc2c(N)ncnc21. The number of rotatable bonds is 8. The molecule has 0 amide bonds. The Labute approximate surface area is 203 Å². The lowest BCUT2D eigenvalue weighted by atomic mass is 9.97. The van der Waals surface area contributed by atoms with Gasteiger partial charge in [-0.25, -0.2) is 15.0 Å². The minimum atomic E-state index is -0.607. The standard InChI is InChI=1S/C24H32N6O3S/c1-14(2)26-11-16(31)12-30-23-21(22(25)27-13-28-23)29-24(30)34-20-10-19-18(32-7-8-33-19)9-17(20)15-5-3-4-6-15/h9-10,13-16,26,31H,3-8,11-12H2,1-2H3,(H2,25,27,28). The Morgan fingerprint density at radius 1 is 1.18 bits per heavy atom. The summed E-state index contributed by atoms with van der Waals surface area (Å²) >= 11 is 1.56. The molecule has 3 heterocycles. The van der Waals surface area contributed by atoms with Gasteiger partial charge in [-0.1, -0.05) is 38.5 Å². The third-order valence-corrected chi connectivity index (χ3v) is 7.42. The first kappa shape index (κ1) is 23.2. The van der Waals surface area contributed by atoms with Crippen LogP contribution in [0.15, 0.2) is 28.5 Å². The van der Waals surface area contributed by atoms with Crippen LogP contribution in [0.3, 0.4) is 0 Å². The van der Waals surface area contributed by atoms with Gasteiger partial charge in [-0.2, -0.15) is 0 Å². The number of hydrogen-bond donors (Lipinski definition) is 3. The third kappa shape index (κ3) is 4.80. The lowest BCUT2D eigenvalue weighted by Gasteiger charge is -2.23. The van der Waals surface area contributed by atoms with Crippen molar-refractivity contribution in [2.45, 2.75) is 74.2 Å². The molecule has 0 radical (unpaired) electrons. The van der Waals surface area contributed by atoms with Crippen molar-refractivity contribution in [1.29, 1.82) is 0 Å². The molecule has 1 saturated carbocycles. The van der Waals surface area contributed by atoms with E-state index in [2.05, 4.69) is 41.3 Å². The molecule has 5 rings (SSSR count). The molecule has 2 aromatic heterocycles. The quantitative estimate of drug-likeness (QED) is 0.442. The van der Waals surface area contributed by atoms with Gasteiger partial charge in [0.1, 0.15) is 19.5 Å². The molecule has 1 aromatic carbocycles. The number of nitrogens with two attached hydrogens (primary N) is 1. The van der Waals surface area contributed by atoms with E-state index in [0.29, 0.717) is 49.2 Å². The van der Waals surface area contributed by atoms with E-state index in [9.17, 15) is 5.11 Å². The Balaban J connectivity index is 1.54. The van der Waals surface area contributed by atoms with Crippen molar-refractivity contribution in [3.05, 3.63) is 24.0 Å². The number of nitrogen functional groups attached to an aromatic ring is 1. The second-order valence-corrected chi connectivity index (χ2v) is 10.3. The summed E-state index contributed by atoms with van der Waals surface area (Å²) in [4.78, 5) is 14.5.